The number of nitrogens with zero attached hydrogens (tertiary/aromatic N) is 4. The summed E-state index contributed by atoms with van der Waals surface area (Å²) in [4.78, 5) is 23.6. The number of anilines is 4. The molecule has 9 heteroatoms. The maximum absolute atomic E-state index is 12.2. The molecule has 0 bridgehead atoms. The Hall–Kier alpha value is -4.37. The molecule has 2 aromatic heterocycles. The highest BCUT2D eigenvalue weighted by Crippen LogP contribution is 2.41. The van der Waals surface area contributed by atoms with E-state index in [4.69, 9.17) is 9.72 Å². The Balaban J connectivity index is 1.45. The molecule has 9 nitrogen and oxygen atoms in total. The number of hydrogen-bond acceptors (Lipinski definition) is 7. The van der Waals surface area contributed by atoms with E-state index in [0.717, 1.165) is 36.5 Å². The lowest BCUT2D eigenvalue weighted by Crippen LogP contribution is -2.17. The fourth-order valence-electron chi connectivity index (χ4n) is 4.65. The second kappa shape index (κ2) is 11.6. The van der Waals surface area contributed by atoms with Gasteiger partial charge in [0.05, 0.1) is 29.9 Å². The molecule has 1 saturated carbocycles. The maximum atomic E-state index is 12.2. The van der Waals surface area contributed by atoms with Gasteiger partial charge in [-0.25, -0.2) is 9.97 Å². The summed E-state index contributed by atoms with van der Waals surface area (Å²) in [5.41, 5.74) is 5.13. The van der Waals surface area contributed by atoms with Crippen molar-refractivity contribution >= 4 is 39.8 Å². The van der Waals surface area contributed by atoms with Gasteiger partial charge in [-0.15, -0.1) is 0 Å². The third-order valence-corrected chi connectivity index (χ3v) is 6.74. The Morgan fingerprint density at radius 1 is 1.18 bits per heavy atom. The minimum Gasteiger partial charge on any atom is -0.494 e. The van der Waals surface area contributed by atoms with Crippen molar-refractivity contribution in [1.29, 1.82) is 0 Å². The van der Waals surface area contributed by atoms with Crippen LogP contribution in [-0.4, -0.2) is 59.6 Å². The van der Waals surface area contributed by atoms with Gasteiger partial charge in [-0.1, -0.05) is 24.8 Å². The van der Waals surface area contributed by atoms with Crippen LogP contribution in [0, 0.1) is 0 Å². The zero-order chi connectivity index (χ0) is 27.4. The van der Waals surface area contributed by atoms with Crippen LogP contribution in [0.2, 0.25) is 0 Å². The molecule has 0 radical (unpaired) electrons. The molecule has 5 rings (SSSR count). The number of carbonyl (C=O) groups is 1. The number of benzene rings is 2. The molecule has 1 fully saturated rings. The van der Waals surface area contributed by atoms with Crippen molar-refractivity contribution < 1.29 is 9.53 Å². The first-order valence-corrected chi connectivity index (χ1v) is 13.2. The van der Waals surface area contributed by atoms with Crippen molar-refractivity contribution in [2.45, 2.75) is 25.3 Å². The Kier molecular flexibility index (Phi) is 7.79. The smallest absolute Gasteiger partial charge is 0.247 e. The monoisotopic (exact) mass is 525 g/mol. The predicted molar refractivity (Wildman–Crippen MR) is 158 cm³/mol. The van der Waals surface area contributed by atoms with E-state index >= 15 is 0 Å². The van der Waals surface area contributed by atoms with Gasteiger partial charge in [0, 0.05) is 47.5 Å². The van der Waals surface area contributed by atoms with Gasteiger partial charge >= 0.3 is 0 Å². The molecular formula is C30H35N7O2. The summed E-state index contributed by atoms with van der Waals surface area (Å²) in [6.07, 6.45) is 8.56. The van der Waals surface area contributed by atoms with Crippen LogP contribution in [0.1, 0.15) is 25.3 Å². The van der Waals surface area contributed by atoms with Gasteiger partial charge in [0.2, 0.25) is 11.9 Å². The van der Waals surface area contributed by atoms with Crippen molar-refractivity contribution in [3.63, 3.8) is 0 Å². The van der Waals surface area contributed by atoms with Gasteiger partial charge in [-0.2, -0.15) is 0 Å². The zero-order valence-corrected chi connectivity index (χ0v) is 22.7. The van der Waals surface area contributed by atoms with Gasteiger partial charge in [-0.05, 0) is 64.2 Å². The lowest BCUT2D eigenvalue weighted by molar-refractivity contribution is -0.111. The molecule has 0 atom stereocenters. The highest BCUT2D eigenvalue weighted by molar-refractivity contribution is 6.02. The summed E-state index contributed by atoms with van der Waals surface area (Å²) in [5, 5.41) is 10.8. The number of ether oxygens (including phenoxy) is 1. The number of aromatic nitrogens is 3. The van der Waals surface area contributed by atoms with Gasteiger partial charge in [-0.3, -0.25) is 4.79 Å². The summed E-state index contributed by atoms with van der Waals surface area (Å²) in [5.74, 6) is 0.732. The fourth-order valence-corrected chi connectivity index (χ4v) is 4.65. The molecule has 1 aliphatic rings. The van der Waals surface area contributed by atoms with E-state index in [1.54, 1.807) is 13.3 Å². The van der Waals surface area contributed by atoms with E-state index in [1.807, 2.05) is 32.3 Å². The topological polar surface area (TPSA) is 96.3 Å². The van der Waals surface area contributed by atoms with E-state index in [1.165, 1.54) is 29.8 Å². The summed E-state index contributed by atoms with van der Waals surface area (Å²) in [6, 6.07) is 14.6. The lowest BCUT2D eigenvalue weighted by atomic mass is 10.1. The molecule has 39 heavy (non-hydrogen) atoms. The van der Waals surface area contributed by atoms with Crippen LogP contribution in [0.5, 0.6) is 5.75 Å². The number of methoxy groups -OCH3 is 1. The van der Waals surface area contributed by atoms with Crippen LogP contribution in [0.3, 0.4) is 0 Å². The van der Waals surface area contributed by atoms with Crippen molar-refractivity contribution in [1.82, 2.24) is 19.4 Å². The third kappa shape index (κ3) is 6.04. The molecule has 1 amide bonds. The molecule has 0 spiro atoms. The Morgan fingerprint density at radius 2 is 2.00 bits per heavy atom. The van der Waals surface area contributed by atoms with E-state index in [9.17, 15) is 4.79 Å². The van der Waals surface area contributed by atoms with Crippen LogP contribution in [-0.2, 0) is 4.79 Å². The number of fused-ring (bicyclic) bond motifs is 1. The normalized spacial score (nSPS) is 12.9. The summed E-state index contributed by atoms with van der Waals surface area (Å²) in [7, 11) is 5.70. The molecule has 202 valence electrons. The first-order chi connectivity index (χ1) is 19.0. The maximum Gasteiger partial charge on any atom is 0.247 e. The lowest BCUT2D eigenvalue weighted by Gasteiger charge is -2.18. The fraction of sp³-hybridized carbons (Fsp3) is 0.300. The first-order valence-electron chi connectivity index (χ1n) is 13.2. The van der Waals surface area contributed by atoms with Crippen LogP contribution >= 0.6 is 0 Å². The number of carbonyl (C=O) groups excluding carboxylic acids is 1. The van der Waals surface area contributed by atoms with E-state index < -0.39 is 0 Å². The highest BCUT2D eigenvalue weighted by Gasteiger charge is 2.26. The van der Waals surface area contributed by atoms with Crippen molar-refractivity contribution in [3.8, 4) is 17.0 Å². The molecular weight excluding hydrogens is 490 g/mol. The minimum absolute atomic E-state index is 0.298. The quantitative estimate of drug-likeness (QED) is 0.162. The molecule has 2 aromatic carbocycles. The first kappa shape index (κ1) is 26.2. The third-order valence-electron chi connectivity index (χ3n) is 6.74. The van der Waals surface area contributed by atoms with Gasteiger partial charge in [0.1, 0.15) is 5.75 Å². The average Bonchev–Trinajstić information content (AvgIpc) is 3.71. The van der Waals surface area contributed by atoms with E-state index in [-0.39, 0.29) is 5.91 Å². The molecule has 4 aromatic rings. The minimum atomic E-state index is -0.298. The van der Waals surface area contributed by atoms with Crippen LogP contribution < -0.4 is 20.7 Å². The summed E-state index contributed by atoms with van der Waals surface area (Å²) < 4.78 is 8.06. The molecule has 2 heterocycles. The molecule has 0 saturated heterocycles. The number of rotatable bonds is 12. The van der Waals surface area contributed by atoms with Crippen molar-refractivity contribution in [3.05, 3.63) is 67.5 Å². The number of hydrogen-bond donors (Lipinski definition) is 3. The van der Waals surface area contributed by atoms with Crippen molar-refractivity contribution in [2.75, 3.05) is 50.2 Å². The number of para-hydroxylation sites is 1. The van der Waals surface area contributed by atoms with Crippen LogP contribution in [0.25, 0.3) is 22.2 Å². The standard InChI is InChI=1S/C30H35N7O2/c1-5-29(38)33-25-17-26(28(39-4)18-24(25)31-14-8-16-36(2)3)35-30-32-15-13-23(34-30)22-19-37(20-11-12-20)27-10-7-6-9-21(22)27/h5-7,9-10,13,15,17-20,31H,1,8,11-12,14,16H2,2-4H3,(H,33,38)(H,32,34,35). The Bertz CT molecular complexity index is 1490. The second-order valence-corrected chi connectivity index (χ2v) is 9.96. The van der Waals surface area contributed by atoms with Gasteiger partial charge in [0.15, 0.2) is 0 Å². The SMILES string of the molecule is C=CC(=O)Nc1cc(Nc2nccc(-c3cn(C4CC4)c4ccccc34)n2)c(OC)cc1NCCCN(C)C. The number of amides is 1. The predicted octanol–water partition coefficient (Wildman–Crippen LogP) is 5.67. The number of nitrogens with one attached hydrogen (secondary N) is 3. The van der Waals surface area contributed by atoms with Gasteiger partial charge in [0.25, 0.3) is 0 Å². The zero-order valence-electron chi connectivity index (χ0n) is 22.7. The van der Waals surface area contributed by atoms with Gasteiger partial charge < -0.3 is 30.2 Å². The molecule has 0 unspecified atom stereocenters. The van der Waals surface area contributed by atoms with E-state index in [2.05, 4.69) is 67.4 Å². The highest BCUT2D eigenvalue weighted by atomic mass is 16.5. The molecule has 0 aliphatic heterocycles. The largest absolute Gasteiger partial charge is 0.494 e. The molecule has 1 aliphatic carbocycles. The van der Waals surface area contributed by atoms with E-state index in [0.29, 0.717) is 29.1 Å². The van der Waals surface area contributed by atoms with Crippen LogP contribution in [0.15, 0.2) is 67.5 Å². The van der Waals surface area contributed by atoms with Crippen molar-refractivity contribution in [2.24, 2.45) is 0 Å². The second-order valence-electron chi connectivity index (χ2n) is 9.96. The Labute approximate surface area is 228 Å². The Morgan fingerprint density at radius 3 is 2.74 bits per heavy atom. The summed E-state index contributed by atoms with van der Waals surface area (Å²) >= 11 is 0. The summed E-state index contributed by atoms with van der Waals surface area (Å²) in [6.45, 7) is 5.27. The molecule has 3 N–H and O–H groups in total. The van der Waals surface area contributed by atoms with Crippen LogP contribution in [0.4, 0.5) is 23.0 Å². The average molecular weight is 526 g/mol.